The Hall–Kier alpha value is -3.47. The Balaban J connectivity index is 1.41. The van der Waals surface area contributed by atoms with Gasteiger partial charge in [-0.3, -0.25) is 24.9 Å². The van der Waals surface area contributed by atoms with Gasteiger partial charge in [0.1, 0.15) is 23.4 Å². The van der Waals surface area contributed by atoms with Crippen molar-refractivity contribution in [1.29, 1.82) is 0 Å². The van der Waals surface area contributed by atoms with Gasteiger partial charge in [0, 0.05) is 23.7 Å². The molecule has 0 unspecified atom stereocenters. The van der Waals surface area contributed by atoms with Gasteiger partial charge in [-0.05, 0) is 30.2 Å². The predicted octanol–water partition coefficient (Wildman–Crippen LogP) is 1.99. The van der Waals surface area contributed by atoms with Crippen molar-refractivity contribution in [1.82, 2.24) is 20.3 Å². The average molecular weight is 399 g/mol. The number of hydrogen-bond donors (Lipinski definition) is 1. The first-order valence-corrected chi connectivity index (χ1v) is 9.09. The summed E-state index contributed by atoms with van der Waals surface area (Å²) >= 11 is 1.34. The highest BCUT2D eigenvalue weighted by molar-refractivity contribution is 8.03. The number of benzene rings is 1. The van der Waals surface area contributed by atoms with E-state index in [4.69, 9.17) is 4.74 Å². The predicted molar refractivity (Wildman–Crippen MR) is 98.2 cm³/mol. The number of amides is 1. The monoisotopic (exact) mass is 399 g/mol. The maximum Gasteiger partial charge on any atom is 0.355 e. The second kappa shape index (κ2) is 6.93. The summed E-state index contributed by atoms with van der Waals surface area (Å²) in [6, 6.07) is 5.71. The Bertz CT molecular complexity index is 1030. The van der Waals surface area contributed by atoms with E-state index in [-0.39, 0.29) is 29.3 Å². The van der Waals surface area contributed by atoms with Crippen LogP contribution in [0.15, 0.2) is 47.1 Å². The van der Waals surface area contributed by atoms with E-state index in [2.05, 4.69) is 15.4 Å². The zero-order valence-corrected chi connectivity index (χ0v) is 15.3. The van der Waals surface area contributed by atoms with Crippen molar-refractivity contribution in [3.8, 4) is 0 Å². The molecular weight excluding hydrogens is 386 g/mol. The Morgan fingerprint density at radius 1 is 1.39 bits per heavy atom. The van der Waals surface area contributed by atoms with E-state index < -0.39 is 10.9 Å². The van der Waals surface area contributed by atoms with Gasteiger partial charge < -0.3 is 4.74 Å². The van der Waals surface area contributed by atoms with Crippen LogP contribution in [0, 0.1) is 10.1 Å². The number of nitro benzene ring substituents is 1. The van der Waals surface area contributed by atoms with E-state index in [1.54, 1.807) is 18.5 Å². The molecule has 1 amide bonds. The zero-order valence-electron chi connectivity index (χ0n) is 14.5. The molecule has 2 aliphatic rings. The van der Waals surface area contributed by atoms with Crippen LogP contribution in [-0.4, -0.2) is 42.5 Å². The molecule has 0 bridgehead atoms. The molecule has 0 radical (unpaired) electrons. The van der Waals surface area contributed by atoms with Gasteiger partial charge in [-0.1, -0.05) is 5.21 Å². The molecular formula is C17H13N5O5S. The number of fused-ring (bicyclic) bond motifs is 1. The lowest BCUT2D eigenvalue weighted by Crippen LogP contribution is -2.51. The van der Waals surface area contributed by atoms with Gasteiger partial charge in [0.2, 0.25) is 0 Å². The maximum atomic E-state index is 12.6. The van der Waals surface area contributed by atoms with Crippen molar-refractivity contribution in [3.63, 3.8) is 0 Å². The Morgan fingerprint density at radius 2 is 2.14 bits per heavy atom. The van der Waals surface area contributed by atoms with Crippen LogP contribution in [0.4, 0.5) is 5.69 Å². The van der Waals surface area contributed by atoms with Crippen molar-refractivity contribution < 1.29 is 19.2 Å². The molecule has 10 nitrogen and oxygen atoms in total. The van der Waals surface area contributed by atoms with E-state index >= 15 is 0 Å². The van der Waals surface area contributed by atoms with Crippen LogP contribution >= 0.6 is 11.8 Å². The lowest BCUT2D eigenvalue weighted by molar-refractivity contribution is -0.384. The number of hydrogen-bond acceptors (Lipinski definition) is 8. The van der Waals surface area contributed by atoms with E-state index in [0.29, 0.717) is 22.4 Å². The van der Waals surface area contributed by atoms with E-state index in [9.17, 15) is 19.7 Å². The van der Waals surface area contributed by atoms with Crippen molar-refractivity contribution in [2.45, 2.75) is 18.9 Å². The molecule has 3 heterocycles. The van der Waals surface area contributed by atoms with Crippen LogP contribution in [0.3, 0.4) is 0 Å². The lowest BCUT2D eigenvalue weighted by Gasteiger charge is -2.38. The number of nitrogens with zero attached hydrogens (tertiary/aromatic N) is 4. The van der Waals surface area contributed by atoms with Gasteiger partial charge in [-0.15, -0.1) is 16.9 Å². The largest absolute Gasteiger partial charge is 0.456 e. The first-order chi connectivity index (χ1) is 13.5. The molecule has 0 saturated carbocycles. The zero-order chi connectivity index (χ0) is 19.8. The fraction of sp³-hybridized carbons (Fsp3) is 0.176. The highest BCUT2D eigenvalue weighted by Gasteiger charge is 2.51. The number of carbonyl (C=O) groups excluding carboxylic acids is 2. The van der Waals surface area contributed by atoms with Crippen LogP contribution < -0.4 is 0 Å². The van der Waals surface area contributed by atoms with E-state index in [1.807, 2.05) is 0 Å². The lowest BCUT2D eigenvalue weighted by atomic mass is 9.98. The maximum absolute atomic E-state index is 12.6. The number of thioether (sulfide) groups is 1. The molecule has 4 rings (SSSR count). The second-order valence-electron chi connectivity index (χ2n) is 6.06. The van der Waals surface area contributed by atoms with Crippen molar-refractivity contribution >= 4 is 34.9 Å². The molecule has 1 atom stereocenters. The van der Waals surface area contributed by atoms with Gasteiger partial charge in [-0.2, -0.15) is 0 Å². The van der Waals surface area contributed by atoms with Crippen LogP contribution in [0.2, 0.25) is 0 Å². The van der Waals surface area contributed by atoms with Gasteiger partial charge in [0.15, 0.2) is 0 Å². The molecule has 1 saturated heterocycles. The SMILES string of the molecule is CC(=C1C(=O)N2C(C(=O)OCc3ccc([N+](=O)[O-])cc3)=CS[C@H]12)c1c[nH]nn1. The molecule has 1 fully saturated rings. The van der Waals surface area contributed by atoms with Crippen LogP contribution in [0.25, 0.3) is 5.57 Å². The molecule has 2 aliphatic heterocycles. The molecule has 1 aromatic carbocycles. The number of aromatic nitrogens is 3. The number of nitro groups is 1. The minimum Gasteiger partial charge on any atom is -0.456 e. The molecule has 142 valence electrons. The van der Waals surface area contributed by atoms with Crippen LogP contribution in [0.1, 0.15) is 18.2 Å². The summed E-state index contributed by atoms with van der Waals surface area (Å²) in [4.78, 5) is 36.5. The number of rotatable bonds is 5. The topological polar surface area (TPSA) is 131 Å². The number of H-pyrrole nitrogens is 1. The Morgan fingerprint density at radius 3 is 2.79 bits per heavy atom. The van der Waals surface area contributed by atoms with Crippen molar-refractivity contribution in [3.05, 3.63) is 68.5 Å². The number of β-lactam (4-membered cyclic amide) rings is 1. The minimum absolute atomic E-state index is 0.0409. The first-order valence-electron chi connectivity index (χ1n) is 8.14. The number of carbonyl (C=O) groups is 2. The van der Waals surface area contributed by atoms with Crippen LogP contribution in [-0.2, 0) is 20.9 Å². The molecule has 1 aromatic heterocycles. The average Bonchev–Trinajstić information content (AvgIpc) is 3.34. The molecule has 1 N–H and O–H groups in total. The smallest absolute Gasteiger partial charge is 0.355 e. The van der Waals surface area contributed by atoms with Crippen molar-refractivity contribution in [2.24, 2.45) is 0 Å². The Labute approximate surface area is 162 Å². The fourth-order valence-corrected chi connectivity index (χ4v) is 4.12. The van der Waals surface area contributed by atoms with Gasteiger partial charge >= 0.3 is 5.97 Å². The van der Waals surface area contributed by atoms with Gasteiger partial charge in [-0.25, -0.2) is 4.79 Å². The quantitative estimate of drug-likeness (QED) is 0.265. The number of nitrogens with one attached hydrogen (secondary N) is 1. The Kier molecular flexibility index (Phi) is 4.43. The first kappa shape index (κ1) is 17.9. The van der Waals surface area contributed by atoms with Crippen molar-refractivity contribution in [2.75, 3.05) is 0 Å². The normalized spacial score (nSPS) is 19.6. The fourth-order valence-electron chi connectivity index (χ4n) is 2.91. The number of allylic oxidation sites excluding steroid dienone is 1. The summed E-state index contributed by atoms with van der Waals surface area (Å²) in [6.07, 6.45) is 1.60. The van der Waals surface area contributed by atoms with E-state index in [1.165, 1.54) is 40.9 Å². The summed E-state index contributed by atoms with van der Waals surface area (Å²) < 4.78 is 5.25. The summed E-state index contributed by atoms with van der Waals surface area (Å²) in [5.74, 6) is -0.895. The van der Waals surface area contributed by atoms with Gasteiger partial charge in [0.25, 0.3) is 11.6 Å². The highest BCUT2D eigenvalue weighted by Crippen LogP contribution is 2.47. The third kappa shape index (κ3) is 2.95. The number of esters is 1. The van der Waals surface area contributed by atoms with E-state index in [0.717, 1.165) is 0 Å². The third-order valence-corrected chi connectivity index (χ3v) is 5.49. The van der Waals surface area contributed by atoms with Crippen LogP contribution in [0.5, 0.6) is 0 Å². The molecule has 28 heavy (non-hydrogen) atoms. The molecule has 2 aromatic rings. The molecule has 0 spiro atoms. The molecule has 0 aliphatic carbocycles. The summed E-state index contributed by atoms with van der Waals surface area (Å²) in [5, 5.41) is 22.1. The summed E-state index contributed by atoms with van der Waals surface area (Å²) in [6.45, 7) is 1.74. The highest BCUT2D eigenvalue weighted by atomic mass is 32.2. The standard InChI is InChI=1S/C17H13N5O5S/c1-9(12-6-18-20-19-12)14-15(23)21-13(8-28-16(14)21)17(24)27-7-10-2-4-11(5-3-10)22(25)26/h2-6,8,16H,7H2,1H3,(H,18,19,20)/t16-/m1/s1. The number of non-ortho nitro benzene ring substituents is 1. The number of aromatic amines is 1. The third-order valence-electron chi connectivity index (χ3n) is 4.43. The minimum atomic E-state index is -0.625. The van der Waals surface area contributed by atoms with Gasteiger partial charge in [0.05, 0.1) is 10.5 Å². The summed E-state index contributed by atoms with van der Waals surface area (Å²) in [5.41, 5.74) is 2.62. The second-order valence-corrected chi connectivity index (χ2v) is 7.02. The molecule has 11 heteroatoms. The number of ether oxygens (including phenoxy) is 1. The summed E-state index contributed by atoms with van der Waals surface area (Å²) in [7, 11) is 0.